The van der Waals surface area contributed by atoms with Gasteiger partial charge in [-0.2, -0.15) is 0 Å². The second-order valence-corrected chi connectivity index (χ2v) is 6.35. The summed E-state index contributed by atoms with van der Waals surface area (Å²) < 4.78 is 40.4. The highest BCUT2D eigenvalue weighted by atomic mass is 19.4. The average molecular weight is 420 g/mol. The SMILES string of the molecule is C=N/C=C\N(C)CCCNC(=O)c1ccc(Nc2ccc(OC(F)(F)F)cc2)cc1. The van der Waals surface area contributed by atoms with E-state index in [0.717, 1.165) is 13.0 Å². The van der Waals surface area contributed by atoms with E-state index in [4.69, 9.17) is 0 Å². The van der Waals surface area contributed by atoms with Crippen LogP contribution in [0.3, 0.4) is 0 Å². The predicted octanol–water partition coefficient (Wildman–Crippen LogP) is 4.55. The first-order valence-corrected chi connectivity index (χ1v) is 9.11. The van der Waals surface area contributed by atoms with E-state index in [9.17, 15) is 18.0 Å². The van der Waals surface area contributed by atoms with Crippen molar-refractivity contribution in [2.75, 3.05) is 25.5 Å². The van der Waals surface area contributed by atoms with E-state index in [-0.39, 0.29) is 11.7 Å². The maximum absolute atomic E-state index is 12.2. The number of halogens is 3. The number of rotatable bonds is 10. The summed E-state index contributed by atoms with van der Waals surface area (Å²) in [6.07, 6.45) is -0.547. The Kier molecular flexibility index (Phi) is 8.28. The summed E-state index contributed by atoms with van der Waals surface area (Å²) in [5, 5.41) is 5.90. The zero-order valence-electron chi connectivity index (χ0n) is 16.4. The molecule has 1 amide bonds. The van der Waals surface area contributed by atoms with E-state index >= 15 is 0 Å². The monoisotopic (exact) mass is 420 g/mol. The summed E-state index contributed by atoms with van der Waals surface area (Å²) in [7, 11) is 1.91. The molecule has 0 saturated carbocycles. The minimum atomic E-state index is -4.72. The third kappa shape index (κ3) is 8.26. The highest BCUT2D eigenvalue weighted by Crippen LogP contribution is 2.25. The normalized spacial score (nSPS) is 11.2. The van der Waals surface area contributed by atoms with Crippen LogP contribution in [0, 0.1) is 0 Å². The van der Waals surface area contributed by atoms with Crippen molar-refractivity contribution in [2.24, 2.45) is 4.99 Å². The molecule has 0 aliphatic carbocycles. The number of nitrogens with one attached hydrogen (secondary N) is 2. The van der Waals surface area contributed by atoms with Gasteiger partial charge in [0.25, 0.3) is 5.91 Å². The minimum Gasteiger partial charge on any atom is -0.406 e. The molecule has 0 radical (unpaired) electrons. The molecule has 2 N–H and O–H groups in total. The van der Waals surface area contributed by atoms with Crippen LogP contribution in [-0.4, -0.2) is 44.0 Å². The van der Waals surface area contributed by atoms with Crippen molar-refractivity contribution in [3.05, 3.63) is 66.5 Å². The van der Waals surface area contributed by atoms with Crippen LogP contribution < -0.4 is 15.4 Å². The van der Waals surface area contributed by atoms with Gasteiger partial charge in [0.2, 0.25) is 0 Å². The molecule has 2 rings (SSSR count). The molecule has 0 fully saturated rings. The van der Waals surface area contributed by atoms with E-state index in [1.807, 2.05) is 11.9 Å². The number of hydrogen-bond donors (Lipinski definition) is 2. The van der Waals surface area contributed by atoms with Crippen LogP contribution in [0.2, 0.25) is 0 Å². The molecule has 2 aromatic carbocycles. The lowest BCUT2D eigenvalue weighted by molar-refractivity contribution is -0.274. The third-order valence-electron chi connectivity index (χ3n) is 3.92. The van der Waals surface area contributed by atoms with Crippen LogP contribution in [0.15, 0.2) is 65.9 Å². The first-order valence-electron chi connectivity index (χ1n) is 9.11. The molecule has 2 aromatic rings. The van der Waals surface area contributed by atoms with Gasteiger partial charge in [0.1, 0.15) is 5.75 Å². The van der Waals surface area contributed by atoms with Crippen LogP contribution in [0.4, 0.5) is 24.5 Å². The molecule has 0 heterocycles. The van der Waals surface area contributed by atoms with Crippen LogP contribution in [0.1, 0.15) is 16.8 Å². The molecule has 0 atom stereocenters. The van der Waals surface area contributed by atoms with Crippen LogP contribution in [-0.2, 0) is 0 Å². The summed E-state index contributed by atoms with van der Waals surface area (Å²) in [6.45, 7) is 4.66. The number of anilines is 2. The molecule has 0 bridgehead atoms. The number of benzene rings is 2. The lowest BCUT2D eigenvalue weighted by Crippen LogP contribution is -2.26. The van der Waals surface area contributed by atoms with E-state index in [2.05, 4.69) is 27.1 Å². The standard InChI is InChI=1S/C21H23F3N4O2/c1-25-13-15-28(2)14-3-12-26-20(29)16-4-6-17(7-5-16)27-18-8-10-19(11-9-18)30-21(22,23)24/h4-11,13,15,27H,1,3,12,14H2,2H3,(H,26,29)/b15-13-. The predicted molar refractivity (Wildman–Crippen MR) is 111 cm³/mol. The fraction of sp³-hybridized carbons (Fsp3) is 0.238. The lowest BCUT2D eigenvalue weighted by atomic mass is 10.2. The number of hydrogen-bond acceptors (Lipinski definition) is 5. The maximum atomic E-state index is 12.2. The van der Waals surface area contributed by atoms with E-state index < -0.39 is 6.36 Å². The summed E-state index contributed by atoms with van der Waals surface area (Å²) >= 11 is 0. The number of carbonyl (C=O) groups is 1. The third-order valence-corrected chi connectivity index (χ3v) is 3.92. The van der Waals surface area contributed by atoms with Crippen molar-refractivity contribution in [3.8, 4) is 5.75 Å². The van der Waals surface area contributed by atoms with E-state index in [0.29, 0.717) is 23.5 Å². The molecule has 0 spiro atoms. The van der Waals surface area contributed by atoms with Gasteiger partial charge in [-0.05, 0) is 61.7 Å². The van der Waals surface area contributed by atoms with E-state index in [1.165, 1.54) is 24.3 Å². The second-order valence-electron chi connectivity index (χ2n) is 6.35. The first-order chi connectivity index (χ1) is 14.3. The Morgan fingerprint density at radius 3 is 2.30 bits per heavy atom. The summed E-state index contributed by atoms with van der Waals surface area (Å²) in [4.78, 5) is 17.8. The molecule has 9 heteroatoms. The number of aliphatic imine (C=N–C) groups is 1. The highest BCUT2D eigenvalue weighted by molar-refractivity contribution is 5.94. The number of amides is 1. The van der Waals surface area contributed by atoms with Crippen molar-refractivity contribution in [2.45, 2.75) is 12.8 Å². The van der Waals surface area contributed by atoms with Crippen LogP contribution in [0.25, 0.3) is 0 Å². The van der Waals surface area contributed by atoms with E-state index in [1.54, 1.807) is 36.7 Å². The van der Waals surface area contributed by atoms with Gasteiger partial charge in [-0.25, -0.2) is 0 Å². The summed E-state index contributed by atoms with van der Waals surface area (Å²) in [6, 6.07) is 12.2. The molecule has 0 aliphatic heterocycles. The Morgan fingerprint density at radius 1 is 1.13 bits per heavy atom. The maximum Gasteiger partial charge on any atom is 0.573 e. The molecular formula is C21H23F3N4O2. The molecule has 0 unspecified atom stereocenters. The first kappa shape index (κ1) is 22.8. The van der Waals surface area contributed by atoms with Gasteiger partial charge in [-0.1, -0.05) is 0 Å². The Hall–Kier alpha value is -3.49. The fourth-order valence-electron chi connectivity index (χ4n) is 2.48. The van der Waals surface area contributed by atoms with Gasteiger partial charge < -0.3 is 20.3 Å². The zero-order chi connectivity index (χ0) is 22.0. The highest BCUT2D eigenvalue weighted by Gasteiger charge is 2.30. The quantitative estimate of drug-likeness (QED) is 0.437. The average Bonchev–Trinajstić information content (AvgIpc) is 2.70. The smallest absolute Gasteiger partial charge is 0.406 e. The molecule has 0 aromatic heterocycles. The number of alkyl halides is 3. The van der Waals surface area contributed by atoms with Crippen molar-refractivity contribution < 1.29 is 22.7 Å². The topological polar surface area (TPSA) is 66.0 Å². The molecule has 0 aliphatic rings. The van der Waals surface area contributed by atoms with Gasteiger partial charge >= 0.3 is 6.36 Å². The van der Waals surface area contributed by atoms with Gasteiger partial charge in [0.15, 0.2) is 0 Å². The molecule has 160 valence electrons. The molecule has 30 heavy (non-hydrogen) atoms. The Bertz CT molecular complexity index is 850. The van der Waals surface area contributed by atoms with Crippen molar-refractivity contribution in [1.29, 1.82) is 0 Å². The minimum absolute atomic E-state index is 0.179. The van der Waals surface area contributed by atoms with Gasteiger partial charge in [-0.3, -0.25) is 9.79 Å². The van der Waals surface area contributed by atoms with Gasteiger partial charge in [-0.15, -0.1) is 13.2 Å². The Balaban J connectivity index is 1.80. The largest absolute Gasteiger partial charge is 0.573 e. The second kappa shape index (κ2) is 10.9. The fourth-order valence-corrected chi connectivity index (χ4v) is 2.48. The molecular weight excluding hydrogens is 397 g/mol. The molecule has 6 nitrogen and oxygen atoms in total. The number of carbonyl (C=O) groups excluding carboxylic acids is 1. The Morgan fingerprint density at radius 2 is 1.73 bits per heavy atom. The van der Waals surface area contributed by atoms with Crippen molar-refractivity contribution in [1.82, 2.24) is 10.2 Å². The number of nitrogens with zero attached hydrogens (tertiary/aromatic N) is 2. The Labute approximate surface area is 173 Å². The van der Waals surface area contributed by atoms with Crippen molar-refractivity contribution in [3.63, 3.8) is 0 Å². The lowest BCUT2D eigenvalue weighted by Gasteiger charge is -2.13. The number of ether oxygens (including phenoxy) is 1. The zero-order valence-corrected chi connectivity index (χ0v) is 16.4. The molecule has 0 saturated heterocycles. The summed E-state index contributed by atoms with van der Waals surface area (Å²) in [5.74, 6) is -0.471. The van der Waals surface area contributed by atoms with Crippen molar-refractivity contribution >= 4 is 24.0 Å². The summed E-state index contributed by atoms with van der Waals surface area (Å²) in [5.41, 5.74) is 1.80. The van der Waals surface area contributed by atoms with Gasteiger partial charge in [0.05, 0.1) is 0 Å². The van der Waals surface area contributed by atoms with Gasteiger partial charge in [0, 0.05) is 49.5 Å². The van der Waals surface area contributed by atoms with Crippen LogP contribution >= 0.6 is 0 Å². The van der Waals surface area contributed by atoms with Crippen LogP contribution in [0.5, 0.6) is 5.75 Å².